The third-order valence-corrected chi connectivity index (χ3v) is 4.38. The number of carbonyl (C=O) groups is 2. The molecule has 0 saturated carbocycles. The number of esters is 1. The minimum Gasteiger partial charge on any atom is -0.452 e. The Bertz CT molecular complexity index is 728. The van der Waals surface area contributed by atoms with Gasteiger partial charge in [0, 0.05) is 11.6 Å². The fourth-order valence-corrected chi connectivity index (χ4v) is 2.73. The largest absolute Gasteiger partial charge is 0.452 e. The number of carbonyl (C=O) groups excluding carboxylic acids is 2. The Labute approximate surface area is 161 Å². The number of amides is 1. The average Bonchev–Trinajstić information content (AvgIpc) is 2.66. The maximum atomic E-state index is 12.1. The fourth-order valence-electron chi connectivity index (χ4n) is 2.47. The van der Waals surface area contributed by atoms with Gasteiger partial charge in [0.1, 0.15) is 0 Å². The number of hydrogen-bond donors (Lipinski definition) is 1. The first kappa shape index (κ1) is 20.1. The molecule has 138 valence electrons. The zero-order valence-electron chi connectivity index (χ0n) is 14.8. The van der Waals surface area contributed by atoms with Crippen LogP contribution in [0.25, 0.3) is 0 Å². The monoisotopic (exact) mass is 419 g/mol. The van der Waals surface area contributed by atoms with Crippen molar-refractivity contribution in [3.63, 3.8) is 0 Å². The van der Waals surface area contributed by atoms with Gasteiger partial charge in [-0.15, -0.1) is 0 Å². The van der Waals surface area contributed by atoms with E-state index in [0.29, 0.717) is 12.2 Å². The van der Waals surface area contributed by atoms with E-state index in [1.54, 1.807) is 31.4 Å². The quantitative estimate of drug-likeness (QED) is 0.656. The summed E-state index contributed by atoms with van der Waals surface area (Å²) < 4.78 is 11.1. The normalized spacial score (nSPS) is 11.7. The molecule has 2 aromatic rings. The van der Waals surface area contributed by atoms with E-state index >= 15 is 0 Å². The Morgan fingerprint density at radius 2 is 1.73 bits per heavy atom. The summed E-state index contributed by atoms with van der Waals surface area (Å²) in [5, 5.41) is 2.89. The van der Waals surface area contributed by atoms with E-state index in [4.69, 9.17) is 9.47 Å². The lowest BCUT2D eigenvalue weighted by atomic mass is 10.0. The Hall–Kier alpha value is -2.18. The molecule has 2 aromatic carbocycles. The molecule has 0 aliphatic rings. The highest BCUT2D eigenvalue weighted by molar-refractivity contribution is 9.10. The summed E-state index contributed by atoms with van der Waals surface area (Å²) in [6, 6.07) is 14.5. The van der Waals surface area contributed by atoms with Crippen LogP contribution in [0.5, 0.6) is 0 Å². The van der Waals surface area contributed by atoms with E-state index in [9.17, 15) is 9.59 Å². The van der Waals surface area contributed by atoms with Crippen LogP contribution in [0.3, 0.4) is 0 Å². The van der Waals surface area contributed by atoms with Gasteiger partial charge in [0.25, 0.3) is 5.91 Å². The summed E-state index contributed by atoms with van der Waals surface area (Å²) in [5.41, 5.74) is 2.36. The van der Waals surface area contributed by atoms with Crippen molar-refractivity contribution in [3.8, 4) is 0 Å². The number of ether oxygens (including phenoxy) is 2. The predicted octanol–water partition coefficient (Wildman–Crippen LogP) is 4.02. The van der Waals surface area contributed by atoms with E-state index in [1.807, 2.05) is 31.2 Å². The van der Waals surface area contributed by atoms with Gasteiger partial charge in [-0.3, -0.25) is 4.79 Å². The molecule has 0 aliphatic carbocycles. The molecule has 0 aliphatic heterocycles. The van der Waals surface area contributed by atoms with Crippen molar-refractivity contribution in [1.29, 1.82) is 0 Å². The molecule has 5 nitrogen and oxygen atoms in total. The van der Waals surface area contributed by atoms with E-state index in [0.717, 1.165) is 22.0 Å². The summed E-state index contributed by atoms with van der Waals surface area (Å²) in [6.45, 7) is 2.15. The topological polar surface area (TPSA) is 64.6 Å². The van der Waals surface area contributed by atoms with Crippen LogP contribution in [0.1, 0.15) is 40.9 Å². The highest BCUT2D eigenvalue weighted by atomic mass is 79.9. The van der Waals surface area contributed by atoms with Gasteiger partial charge >= 0.3 is 5.97 Å². The van der Waals surface area contributed by atoms with Crippen LogP contribution in [0, 0.1) is 0 Å². The first-order chi connectivity index (χ1) is 12.5. The summed E-state index contributed by atoms with van der Waals surface area (Å²) >= 11 is 3.39. The second-order valence-electron chi connectivity index (χ2n) is 5.79. The predicted molar refractivity (Wildman–Crippen MR) is 103 cm³/mol. The van der Waals surface area contributed by atoms with Crippen molar-refractivity contribution < 1.29 is 19.1 Å². The van der Waals surface area contributed by atoms with Crippen LogP contribution in [0.2, 0.25) is 0 Å². The Morgan fingerprint density at radius 3 is 2.31 bits per heavy atom. The molecule has 0 bridgehead atoms. The second-order valence-corrected chi connectivity index (χ2v) is 6.70. The maximum Gasteiger partial charge on any atom is 0.338 e. The van der Waals surface area contributed by atoms with Crippen molar-refractivity contribution in [2.75, 3.05) is 13.7 Å². The standard InChI is InChI=1S/C20H22BrNO4/c1-3-18(15-8-10-17(21)11-9-15)22-19(23)13-26-20(24)16-6-4-14(5-7-16)12-25-2/h4-11,18H,3,12-13H2,1-2H3,(H,22,23)/t18-/m0/s1. The van der Waals surface area contributed by atoms with Gasteiger partial charge in [-0.1, -0.05) is 47.1 Å². The molecular weight excluding hydrogens is 398 g/mol. The molecule has 0 unspecified atom stereocenters. The van der Waals surface area contributed by atoms with Crippen LogP contribution >= 0.6 is 15.9 Å². The minimum absolute atomic E-state index is 0.123. The molecule has 1 N–H and O–H groups in total. The van der Waals surface area contributed by atoms with Crippen LogP contribution in [-0.2, 0) is 20.9 Å². The van der Waals surface area contributed by atoms with E-state index in [1.165, 1.54) is 0 Å². The first-order valence-electron chi connectivity index (χ1n) is 8.33. The van der Waals surface area contributed by atoms with Crippen LogP contribution in [0.15, 0.2) is 53.0 Å². The zero-order valence-corrected chi connectivity index (χ0v) is 16.4. The van der Waals surface area contributed by atoms with Gasteiger partial charge in [-0.2, -0.15) is 0 Å². The summed E-state index contributed by atoms with van der Waals surface area (Å²) in [4.78, 5) is 24.2. The summed E-state index contributed by atoms with van der Waals surface area (Å²) in [5.74, 6) is -0.857. The van der Waals surface area contributed by atoms with Crippen LogP contribution in [-0.4, -0.2) is 25.6 Å². The third kappa shape index (κ3) is 5.97. The first-order valence-corrected chi connectivity index (χ1v) is 9.12. The van der Waals surface area contributed by atoms with Gasteiger partial charge in [-0.25, -0.2) is 4.79 Å². The molecule has 2 rings (SSSR count). The molecule has 0 heterocycles. The van der Waals surface area contributed by atoms with E-state index < -0.39 is 5.97 Å². The summed E-state index contributed by atoms with van der Waals surface area (Å²) in [6.07, 6.45) is 0.738. The maximum absolute atomic E-state index is 12.1. The molecule has 1 amide bonds. The molecule has 1 atom stereocenters. The average molecular weight is 420 g/mol. The fraction of sp³-hybridized carbons (Fsp3) is 0.300. The van der Waals surface area contributed by atoms with Crippen LogP contribution < -0.4 is 5.32 Å². The molecule has 0 spiro atoms. The Kier molecular flexibility index (Phi) is 7.81. The highest BCUT2D eigenvalue weighted by Gasteiger charge is 2.15. The minimum atomic E-state index is -0.527. The van der Waals surface area contributed by atoms with Gasteiger partial charge in [0.05, 0.1) is 18.2 Å². The second kappa shape index (κ2) is 10.1. The zero-order chi connectivity index (χ0) is 18.9. The van der Waals surface area contributed by atoms with E-state index in [2.05, 4.69) is 21.2 Å². The number of halogens is 1. The molecule has 0 aromatic heterocycles. The number of nitrogens with one attached hydrogen (secondary N) is 1. The lowest BCUT2D eigenvalue weighted by Gasteiger charge is -2.17. The van der Waals surface area contributed by atoms with Crippen LogP contribution in [0.4, 0.5) is 0 Å². The number of benzene rings is 2. The van der Waals surface area contributed by atoms with Crippen molar-refractivity contribution in [3.05, 3.63) is 69.7 Å². The number of methoxy groups -OCH3 is 1. The molecular formula is C20H22BrNO4. The van der Waals surface area contributed by atoms with Gasteiger partial charge in [0.2, 0.25) is 0 Å². The lowest BCUT2D eigenvalue weighted by Crippen LogP contribution is -2.32. The smallest absolute Gasteiger partial charge is 0.338 e. The highest BCUT2D eigenvalue weighted by Crippen LogP contribution is 2.19. The van der Waals surface area contributed by atoms with Crippen molar-refractivity contribution in [2.24, 2.45) is 0 Å². The molecule has 6 heteroatoms. The van der Waals surface area contributed by atoms with Gasteiger partial charge in [0.15, 0.2) is 6.61 Å². The number of hydrogen-bond acceptors (Lipinski definition) is 4. The molecule has 0 fully saturated rings. The summed E-state index contributed by atoms with van der Waals surface area (Å²) in [7, 11) is 1.61. The number of rotatable bonds is 8. The van der Waals surface area contributed by atoms with Gasteiger partial charge < -0.3 is 14.8 Å². The molecule has 26 heavy (non-hydrogen) atoms. The third-order valence-electron chi connectivity index (χ3n) is 3.85. The SMILES string of the molecule is CC[C@H](NC(=O)COC(=O)c1ccc(COC)cc1)c1ccc(Br)cc1. The van der Waals surface area contributed by atoms with Gasteiger partial charge in [-0.05, 0) is 41.8 Å². The van der Waals surface area contributed by atoms with Crippen molar-refractivity contribution >= 4 is 27.8 Å². The lowest BCUT2D eigenvalue weighted by molar-refractivity contribution is -0.125. The molecule has 0 saturated heterocycles. The Balaban J connectivity index is 1.86. The van der Waals surface area contributed by atoms with Crippen molar-refractivity contribution in [1.82, 2.24) is 5.32 Å². The van der Waals surface area contributed by atoms with E-state index in [-0.39, 0.29) is 18.6 Å². The van der Waals surface area contributed by atoms with Crippen molar-refractivity contribution in [2.45, 2.75) is 26.0 Å². The Morgan fingerprint density at radius 1 is 1.08 bits per heavy atom. The molecule has 0 radical (unpaired) electrons.